The lowest BCUT2D eigenvalue weighted by molar-refractivity contribution is -0.0749. The molecule has 0 aromatic heterocycles. The number of ether oxygens (including phenoxy) is 2. The lowest BCUT2D eigenvalue weighted by atomic mass is 9.71. The van der Waals surface area contributed by atoms with Gasteiger partial charge in [-0.15, -0.1) is 11.6 Å². The van der Waals surface area contributed by atoms with Crippen LogP contribution in [-0.4, -0.2) is 28.5 Å². The third-order valence-electron chi connectivity index (χ3n) is 6.40. The second kappa shape index (κ2) is 8.00. The lowest BCUT2D eigenvalue weighted by Crippen LogP contribution is -2.50. The molecule has 1 heterocycles. The Bertz CT molecular complexity index is 1170. The van der Waals surface area contributed by atoms with Crippen molar-refractivity contribution in [2.24, 2.45) is 5.16 Å². The number of fused-ring (bicyclic) bond motifs is 3. The number of hydrogen-bond acceptors (Lipinski definition) is 5. The van der Waals surface area contributed by atoms with Gasteiger partial charge in [-0.2, -0.15) is 0 Å². The van der Waals surface area contributed by atoms with E-state index in [1.165, 1.54) is 0 Å². The summed E-state index contributed by atoms with van der Waals surface area (Å²) in [7, 11) is 0. The molecule has 2 N–H and O–H groups in total. The van der Waals surface area contributed by atoms with Crippen molar-refractivity contribution in [3.8, 4) is 11.5 Å². The molecule has 32 heavy (non-hydrogen) atoms. The Morgan fingerprint density at radius 3 is 2.50 bits per heavy atom. The van der Waals surface area contributed by atoms with E-state index in [2.05, 4.69) is 5.16 Å². The van der Waals surface area contributed by atoms with Crippen LogP contribution < -0.4 is 9.47 Å². The Morgan fingerprint density at radius 2 is 1.81 bits per heavy atom. The molecule has 0 amide bonds. The lowest BCUT2D eigenvalue weighted by Gasteiger charge is -2.39. The van der Waals surface area contributed by atoms with Crippen LogP contribution in [0.15, 0.2) is 78.0 Å². The molecule has 1 aliphatic carbocycles. The summed E-state index contributed by atoms with van der Waals surface area (Å²) in [5.41, 5.74) is -0.474. The minimum atomic E-state index is -1.68. The maximum atomic E-state index is 12.3. The van der Waals surface area contributed by atoms with Gasteiger partial charge in [0.25, 0.3) is 0 Å². The van der Waals surface area contributed by atoms with E-state index >= 15 is 0 Å². The van der Waals surface area contributed by atoms with Crippen LogP contribution in [0.2, 0.25) is 5.02 Å². The largest absolute Gasteiger partial charge is 0.492 e. The van der Waals surface area contributed by atoms with Crippen LogP contribution in [0.25, 0.3) is 0 Å². The Morgan fingerprint density at radius 1 is 1.06 bits per heavy atom. The predicted octanol–water partition coefficient (Wildman–Crippen LogP) is 5.45. The zero-order chi connectivity index (χ0) is 22.3. The van der Waals surface area contributed by atoms with Gasteiger partial charge in [-0.25, -0.2) is 0 Å². The van der Waals surface area contributed by atoms with E-state index in [0.29, 0.717) is 41.0 Å². The van der Waals surface area contributed by atoms with Crippen molar-refractivity contribution in [3.63, 3.8) is 0 Å². The molecule has 5 rings (SSSR count). The number of aliphatic hydroxyl groups is 1. The van der Waals surface area contributed by atoms with Gasteiger partial charge in [-0.1, -0.05) is 59.2 Å². The summed E-state index contributed by atoms with van der Waals surface area (Å²) in [6.07, 6.45) is 0.323. The Balaban J connectivity index is 1.75. The minimum absolute atomic E-state index is 0.245. The number of benzene rings is 3. The van der Waals surface area contributed by atoms with Gasteiger partial charge < -0.3 is 19.8 Å². The monoisotopic (exact) mass is 469 g/mol. The Kier molecular flexibility index (Phi) is 5.28. The molecule has 0 radical (unpaired) electrons. The number of nitrogens with zero attached hydrogens (tertiary/aromatic N) is 1. The molecule has 0 unspecified atom stereocenters. The van der Waals surface area contributed by atoms with E-state index in [9.17, 15) is 10.3 Å². The average Bonchev–Trinajstić information content (AvgIpc) is 3.23. The van der Waals surface area contributed by atoms with Gasteiger partial charge in [0.1, 0.15) is 18.1 Å². The molecule has 3 atom stereocenters. The second-order valence-electron chi connectivity index (χ2n) is 7.96. The predicted molar refractivity (Wildman–Crippen MR) is 123 cm³/mol. The van der Waals surface area contributed by atoms with Gasteiger partial charge in [-0.3, -0.25) is 0 Å². The molecule has 164 valence electrons. The van der Waals surface area contributed by atoms with Crippen LogP contribution in [0.4, 0.5) is 0 Å². The average molecular weight is 470 g/mol. The number of alkyl halides is 1. The highest BCUT2D eigenvalue weighted by Gasteiger charge is 2.72. The van der Waals surface area contributed by atoms with Crippen molar-refractivity contribution in [3.05, 3.63) is 94.5 Å². The highest BCUT2D eigenvalue weighted by Crippen LogP contribution is 2.65. The molecular weight excluding hydrogens is 449 g/mol. The zero-order valence-corrected chi connectivity index (χ0v) is 18.6. The van der Waals surface area contributed by atoms with Crippen molar-refractivity contribution < 1.29 is 19.8 Å². The van der Waals surface area contributed by atoms with E-state index in [1.807, 2.05) is 42.5 Å². The summed E-state index contributed by atoms with van der Waals surface area (Å²) < 4.78 is 12.3. The topological polar surface area (TPSA) is 71.3 Å². The summed E-state index contributed by atoms with van der Waals surface area (Å²) in [4.78, 5) is 0. The maximum Gasteiger partial charge on any atom is 0.179 e. The van der Waals surface area contributed by atoms with E-state index in [0.717, 1.165) is 11.1 Å². The molecule has 0 spiro atoms. The highest BCUT2D eigenvalue weighted by molar-refractivity contribution is 6.30. The SMILES string of the molecule is ON=C1C[C@@H](c2ccccc2)[C@]2(c3ccc(Cl)cc3)Oc3cc(OCCCl)ccc3[C@]12O. The van der Waals surface area contributed by atoms with Gasteiger partial charge in [0.2, 0.25) is 0 Å². The van der Waals surface area contributed by atoms with E-state index in [4.69, 9.17) is 32.7 Å². The van der Waals surface area contributed by atoms with Crippen LogP contribution in [0, 0.1) is 0 Å². The zero-order valence-electron chi connectivity index (χ0n) is 17.0. The normalized spacial score (nSPS) is 27.1. The van der Waals surface area contributed by atoms with E-state index in [1.54, 1.807) is 30.3 Å². The molecule has 3 aromatic carbocycles. The van der Waals surface area contributed by atoms with Crippen molar-refractivity contribution >= 4 is 28.9 Å². The third kappa shape index (κ3) is 2.92. The molecule has 2 aliphatic rings. The van der Waals surface area contributed by atoms with Crippen LogP contribution in [0.3, 0.4) is 0 Å². The first kappa shape index (κ1) is 21.1. The summed E-state index contributed by atoms with van der Waals surface area (Å²) in [6.45, 7) is 0.350. The first-order chi connectivity index (χ1) is 15.5. The quantitative estimate of drug-likeness (QED) is 0.296. The summed E-state index contributed by atoms with van der Waals surface area (Å²) in [6, 6.07) is 22.3. The van der Waals surface area contributed by atoms with E-state index in [-0.39, 0.29) is 11.6 Å². The number of rotatable bonds is 5. The first-order valence-corrected chi connectivity index (χ1v) is 11.2. The molecular formula is C25H21Cl2NO4. The van der Waals surface area contributed by atoms with Crippen molar-refractivity contribution in [2.45, 2.75) is 23.5 Å². The smallest absolute Gasteiger partial charge is 0.179 e. The van der Waals surface area contributed by atoms with Gasteiger partial charge in [-0.05, 0) is 35.4 Å². The Hall–Kier alpha value is -2.73. The number of oxime groups is 1. The van der Waals surface area contributed by atoms with Crippen molar-refractivity contribution in [1.82, 2.24) is 0 Å². The summed E-state index contributed by atoms with van der Waals surface area (Å²) >= 11 is 11.9. The highest BCUT2D eigenvalue weighted by atomic mass is 35.5. The number of hydrogen-bond donors (Lipinski definition) is 2. The molecule has 7 heteroatoms. The third-order valence-corrected chi connectivity index (χ3v) is 6.81. The van der Waals surface area contributed by atoms with Crippen molar-refractivity contribution in [2.75, 3.05) is 12.5 Å². The van der Waals surface area contributed by atoms with Gasteiger partial charge in [0.15, 0.2) is 11.2 Å². The molecule has 0 saturated heterocycles. The van der Waals surface area contributed by atoms with Crippen LogP contribution in [0.1, 0.15) is 29.0 Å². The Labute approximate surface area is 195 Å². The molecule has 5 nitrogen and oxygen atoms in total. The minimum Gasteiger partial charge on any atom is -0.492 e. The molecule has 3 aromatic rings. The fourth-order valence-corrected chi connectivity index (χ4v) is 5.28. The van der Waals surface area contributed by atoms with E-state index < -0.39 is 11.2 Å². The fraction of sp³-hybridized carbons (Fsp3) is 0.240. The van der Waals surface area contributed by atoms with Crippen LogP contribution in [-0.2, 0) is 11.2 Å². The molecule has 1 fully saturated rings. The van der Waals surface area contributed by atoms with Crippen molar-refractivity contribution in [1.29, 1.82) is 0 Å². The standard InChI is InChI=1S/C25H21Cl2NO4/c26-12-13-31-19-10-11-20-22(14-19)32-25(17-6-8-18(27)9-7-17)21(16-4-2-1-3-5-16)15-23(28-30)24(20,25)29/h1-11,14,21,29-30H,12-13,15H2/t21-,24-,25-/m0/s1. The van der Waals surface area contributed by atoms with Gasteiger partial charge >= 0.3 is 0 Å². The maximum absolute atomic E-state index is 12.3. The second-order valence-corrected chi connectivity index (χ2v) is 8.78. The van der Waals surface area contributed by atoms with Gasteiger partial charge in [0.05, 0.1) is 11.6 Å². The van der Waals surface area contributed by atoms with Crippen LogP contribution in [0.5, 0.6) is 11.5 Å². The fourth-order valence-electron chi connectivity index (χ4n) is 5.08. The first-order valence-electron chi connectivity index (χ1n) is 10.3. The van der Waals surface area contributed by atoms with Crippen LogP contribution >= 0.6 is 23.2 Å². The number of halogens is 2. The molecule has 0 bridgehead atoms. The summed E-state index contributed by atoms with van der Waals surface area (Å²) in [5.74, 6) is 1.09. The molecule has 1 aliphatic heterocycles. The summed E-state index contributed by atoms with van der Waals surface area (Å²) in [5, 5.41) is 26.4. The molecule has 1 saturated carbocycles. The van der Waals surface area contributed by atoms with Gasteiger partial charge in [0, 0.05) is 29.0 Å².